The zero-order chi connectivity index (χ0) is 33.9. The molecule has 0 aromatic heterocycles. The molecule has 0 radical (unpaired) electrons. The number of rotatable bonds is 4. The summed E-state index contributed by atoms with van der Waals surface area (Å²) in [5, 5.41) is 58.5. The van der Waals surface area contributed by atoms with Crippen molar-refractivity contribution in [2.24, 2.45) is 22.7 Å². The average molecular weight is 635 g/mol. The third kappa shape index (κ3) is 4.63. The monoisotopic (exact) mass is 634 g/mol. The van der Waals surface area contributed by atoms with Gasteiger partial charge in [0.2, 0.25) is 0 Å². The predicted molar refractivity (Wildman–Crippen MR) is 182 cm³/mol. The van der Waals surface area contributed by atoms with Crippen LogP contribution in [0.1, 0.15) is 159 Å². The molecule has 254 valence electrons. The number of benzene rings is 2. The van der Waals surface area contributed by atoms with Crippen LogP contribution in [0.2, 0.25) is 0 Å². The molecule has 0 aliphatic heterocycles. The highest BCUT2D eigenvalue weighted by Crippen LogP contribution is 2.65. The third-order valence-corrected chi connectivity index (χ3v) is 13.3. The maximum absolute atomic E-state index is 12.6. The molecule has 0 saturated heterocycles. The van der Waals surface area contributed by atoms with Crippen LogP contribution in [0.25, 0.3) is 0 Å². The number of fused-ring (bicyclic) bond motifs is 6. The third-order valence-electron chi connectivity index (χ3n) is 13.3. The van der Waals surface area contributed by atoms with Crippen LogP contribution in [0.5, 0.6) is 23.0 Å². The molecular formula is C40H58O6. The van der Waals surface area contributed by atoms with Crippen LogP contribution in [0.15, 0.2) is 12.1 Å². The summed E-state index contributed by atoms with van der Waals surface area (Å²) in [7, 11) is 0. The molecule has 3 unspecified atom stereocenters. The topological polar surface area (TPSA) is 110 Å². The number of aromatic hydroxyl groups is 4. The van der Waals surface area contributed by atoms with E-state index in [9.17, 15) is 25.5 Å². The first-order chi connectivity index (χ1) is 21.3. The minimum absolute atomic E-state index is 0.00888. The van der Waals surface area contributed by atoms with E-state index in [1.54, 1.807) is 0 Å². The van der Waals surface area contributed by atoms with Gasteiger partial charge in [-0.25, -0.2) is 0 Å². The number of aliphatic hydroxyl groups is 1. The fraction of sp³-hybridized carbons (Fsp3) is 0.700. The van der Waals surface area contributed by atoms with Crippen molar-refractivity contribution in [3.8, 4) is 23.0 Å². The Hall–Kier alpha value is -2.44. The Labute approximate surface area is 276 Å². The van der Waals surface area contributed by atoms with E-state index >= 15 is 0 Å². The average Bonchev–Trinajstić information content (AvgIpc) is 2.92. The molecule has 2 aromatic carbocycles. The molecule has 0 amide bonds. The number of hydrogen-bond acceptors (Lipinski definition) is 6. The lowest BCUT2D eigenvalue weighted by Gasteiger charge is -2.60. The first kappa shape index (κ1) is 33.5. The van der Waals surface area contributed by atoms with Gasteiger partial charge in [0, 0.05) is 44.9 Å². The molecule has 4 aliphatic rings. The van der Waals surface area contributed by atoms with Gasteiger partial charge in [-0.2, -0.15) is 0 Å². The lowest BCUT2D eigenvalue weighted by atomic mass is 9.48. The van der Waals surface area contributed by atoms with Crippen LogP contribution in [-0.2, 0) is 22.0 Å². The lowest BCUT2D eigenvalue weighted by Crippen LogP contribution is -2.59. The second-order valence-electron chi connectivity index (χ2n) is 17.9. The van der Waals surface area contributed by atoms with Crippen LogP contribution in [0, 0.1) is 22.7 Å². The van der Waals surface area contributed by atoms with Crippen LogP contribution in [0.4, 0.5) is 0 Å². The number of phenolic OH excluding ortho intramolecular Hbond substituents is 4. The first-order valence-corrected chi connectivity index (χ1v) is 17.8. The van der Waals surface area contributed by atoms with Gasteiger partial charge in [-0.3, -0.25) is 0 Å². The summed E-state index contributed by atoms with van der Waals surface area (Å²) in [6, 6.07) is 4.07. The molecular weight excluding hydrogens is 576 g/mol. The maximum Gasteiger partial charge on any atom is 0.161 e. The summed E-state index contributed by atoms with van der Waals surface area (Å²) >= 11 is 0. The van der Waals surface area contributed by atoms with Crippen molar-refractivity contribution in [2.75, 3.05) is 0 Å². The van der Waals surface area contributed by atoms with E-state index in [0.29, 0.717) is 12.0 Å². The highest BCUT2D eigenvalue weighted by Gasteiger charge is 2.61. The van der Waals surface area contributed by atoms with Crippen LogP contribution in [0.3, 0.4) is 0 Å². The normalized spacial score (nSPS) is 34.5. The van der Waals surface area contributed by atoms with E-state index in [4.69, 9.17) is 4.74 Å². The quantitative estimate of drug-likeness (QED) is 0.215. The molecule has 0 heterocycles. The predicted octanol–water partition coefficient (Wildman–Crippen LogP) is 8.98. The minimum atomic E-state index is -0.810. The Morgan fingerprint density at radius 3 is 1.67 bits per heavy atom. The van der Waals surface area contributed by atoms with Crippen molar-refractivity contribution in [3.05, 3.63) is 45.5 Å². The number of hydrogen-bond donors (Lipinski definition) is 5. The molecule has 2 fully saturated rings. The fourth-order valence-corrected chi connectivity index (χ4v) is 11.6. The molecule has 0 spiro atoms. The Bertz CT molecular complexity index is 1540. The molecule has 6 heteroatoms. The fourth-order valence-electron chi connectivity index (χ4n) is 11.6. The van der Waals surface area contributed by atoms with Crippen LogP contribution < -0.4 is 0 Å². The largest absolute Gasteiger partial charge is 0.504 e. The van der Waals surface area contributed by atoms with Crippen LogP contribution in [-0.4, -0.2) is 37.7 Å². The summed E-state index contributed by atoms with van der Waals surface area (Å²) in [6.07, 6.45) is 4.42. The van der Waals surface area contributed by atoms with Crippen molar-refractivity contribution in [2.45, 2.75) is 155 Å². The van der Waals surface area contributed by atoms with E-state index in [-0.39, 0.29) is 63.6 Å². The summed E-state index contributed by atoms with van der Waals surface area (Å²) in [5.74, 6) is -0.298. The number of ether oxygens (including phenoxy) is 1. The van der Waals surface area contributed by atoms with E-state index < -0.39 is 23.0 Å². The highest BCUT2D eigenvalue weighted by molar-refractivity contribution is 5.61. The molecule has 0 bridgehead atoms. The van der Waals surface area contributed by atoms with Gasteiger partial charge in [-0.05, 0) is 72.0 Å². The standard InChI is InChI=1S/C40H58O6/c1-20(2)23-17-22-18-26(35-37(5,6)13-11-15-39(35,9)27(22)31(43)29(23)41)46-34-25-19-24(21(3)4)30(42)32(44)28(25)40(10)16-12-14-38(7,8)36(40)33(34)45/h17,19-21,26,33-36,41-45H,11-16,18H2,1-10H3/t26-,33-,34+,35?,36-,39?,40?/m0/s1. The zero-order valence-corrected chi connectivity index (χ0v) is 29.8. The molecule has 7 atom stereocenters. The lowest BCUT2D eigenvalue weighted by molar-refractivity contribution is -0.184. The zero-order valence-electron chi connectivity index (χ0n) is 29.8. The van der Waals surface area contributed by atoms with Crippen molar-refractivity contribution >= 4 is 0 Å². The minimum Gasteiger partial charge on any atom is -0.504 e. The Kier molecular flexibility index (Phi) is 7.84. The van der Waals surface area contributed by atoms with Gasteiger partial charge >= 0.3 is 0 Å². The first-order valence-electron chi connectivity index (χ1n) is 17.8. The number of aliphatic hydroxyl groups excluding tert-OH is 1. The number of phenols is 4. The van der Waals surface area contributed by atoms with Crippen molar-refractivity contribution < 1.29 is 30.3 Å². The summed E-state index contributed by atoms with van der Waals surface area (Å²) in [6.45, 7) is 21.5. The van der Waals surface area contributed by atoms with Gasteiger partial charge in [-0.1, -0.05) is 88.1 Å². The second kappa shape index (κ2) is 10.8. The van der Waals surface area contributed by atoms with Crippen molar-refractivity contribution in [3.63, 3.8) is 0 Å². The molecule has 6 rings (SSSR count). The van der Waals surface area contributed by atoms with E-state index in [2.05, 4.69) is 47.6 Å². The van der Waals surface area contributed by atoms with E-state index in [1.165, 1.54) is 0 Å². The van der Waals surface area contributed by atoms with E-state index in [1.807, 2.05) is 33.8 Å². The Morgan fingerprint density at radius 2 is 1.13 bits per heavy atom. The molecule has 5 N–H and O–H groups in total. The van der Waals surface area contributed by atoms with Gasteiger partial charge in [-0.15, -0.1) is 0 Å². The van der Waals surface area contributed by atoms with Gasteiger partial charge in [0.1, 0.15) is 6.10 Å². The van der Waals surface area contributed by atoms with Gasteiger partial charge in [0.15, 0.2) is 23.0 Å². The smallest absolute Gasteiger partial charge is 0.161 e. The van der Waals surface area contributed by atoms with Crippen LogP contribution >= 0.6 is 0 Å². The van der Waals surface area contributed by atoms with Crippen molar-refractivity contribution in [1.82, 2.24) is 0 Å². The SMILES string of the molecule is CC(C)c1cc2c(c(O)c1O)C1(C)CCCC(C)(C)C1[C@@H](O[C@@H]1c3cc(C(C)C)c(O)c(O)c3C3(C)CCCC(C)(C)[C@@H]3[C@H]1O)C2. The molecule has 2 saturated carbocycles. The van der Waals surface area contributed by atoms with Gasteiger partial charge in [0.25, 0.3) is 0 Å². The molecule has 4 aliphatic carbocycles. The molecule has 2 aromatic rings. The highest BCUT2D eigenvalue weighted by atomic mass is 16.5. The van der Waals surface area contributed by atoms with E-state index in [0.717, 1.165) is 66.3 Å². The van der Waals surface area contributed by atoms with Crippen molar-refractivity contribution in [1.29, 1.82) is 0 Å². The Morgan fingerprint density at radius 1 is 0.652 bits per heavy atom. The Balaban J connectivity index is 1.57. The van der Waals surface area contributed by atoms with Gasteiger partial charge < -0.3 is 30.3 Å². The summed E-state index contributed by atoms with van der Waals surface area (Å²) in [5.41, 5.74) is 3.46. The second-order valence-corrected chi connectivity index (χ2v) is 17.9. The summed E-state index contributed by atoms with van der Waals surface area (Å²) < 4.78 is 7.40. The van der Waals surface area contributed by atoms with Gasteiger partial charge in [0.05, 0.1) is 12.2 Å². The summed E-state index contributed by atoms with van der Waals surface area (Å²) in [4.78, 5) is 0. The molecule has 6 nitrogen and oxygen atoms in total. The maximum atomic E-state index is 12.6. The molecule has 46 heavy (non-hydrogen) atoms.